The molecule has 0 aliphatic carbocycles. The molecule has 19 heavy (non-hydrogen) atoms. The van der Waals surface area contributed by atoms with Gasteiger partial charge >= 0.3 is 6.18 Å². The van der Waals surface area contributed by atoms with Crippen LogP contribution in [-0.2, 0) is 12.6 Å². The Labute approximate surface area is 110 Å². The smallest absolute Gasteiger partial charge is 0.166 e. The first-order valence-electron chi connectivity index (χ1n) is 6.08. The number of hydrogen-bond donors (Lipinski definition) is 0. The van der Waals surface area contributed by atoms with Crippen molar-refractivity contribution in [3.8, 4) is 0 Å². The summed E-state index contributed by atoms with van der Waals surface area (Å²) < 4.78 is 38.3. The van der Waals surface area contributed by atoms with Crippen LogP contribution in [0.1, 0.15) is 27.8 Å². The van der Waals surface area contributed by atoms with Crippen LogP contribution < -0.4 is 0 Å². The maximum atomic E-state index is 12.8. The van der Waals surface area contributed by atoms with Crippen molar-refractivity contribution >= 4 is 0 Å². The minimum absolute atomic E-state index is 0.520. The maximum absolute atomic E-state index is 12.8. The van der Waals surface area contributed by atoms with E-state index >= 15 is 0 Å². The molecule has 0 bridgehead atoms. The lowest BCUT2D eigenvalue weighted by Gasteiger charge is -2.11. The SMILES string of the molecule is Cc1cccc(Cc2cc(C)cc(C(F)(F)F)c2)c1. The van der Waals surface area contributed by atoms with E-state index in [0.717, 1.165) is 11.1 Å². The maximum Gasteiger partial charge on any atom is 0.416 e. The third-order valence-electron chi connectivity index (χ3n) is 2.96. The van der Waals surface area contributed by atoms with E-state index in [-0.39, 0.29) is 0 Å². The first-order chi connectivity index (χ1) is 8.84. The summed E-state index contributed by atoms with van der Waals surface area (Å²) in [6.45, 7) is 3.66. The Hall–Kier alpha value is -1.77. The van der Waals surface area contributed by atoms with Gasteiger partial charge in [-0.25, -0.2) is 0 Å². The molecule has 0 saturated carbocycles. The highest BCUT2D eigenvalue weighted by molar-refractivity contribution is 5.35. The van der Waals surface area contributed by atoms with Crippen molar-refractivity contribution in [3.63, 3.8) is 0 Å². The Balaban J connectivity index is 2.33. The lowest BCUT2D eigenvalue weighted by molar-refractivity contribution is -0.137. The molecule has 0 N–H and O–H groups in total. The lowest BCUT2D eigenvalue weighted by atomic mass is 9.99. The molecule has 2 aromatic rings. The third-order valence-corrected chi connectivity index (χ3v) is 2.96. The summed E-state index contributed by atoms with van der Waals surface area (Å²) in [7, 11) is 0. The number of rotatable bonds is 2. The summed E-state index contributed by atoms with van der Waals surface area (Å²) in [5.41, 5.74) is 2.89. The van der Waals surface area contributed by atoms with E-state index in [9.17, 15) is 13.2 Å². The normalized spacial score (nSPS) is 11.6. The van der Waals surface area contributed by atoms with Crippen LogP contribution in [0, 0.1) is 13.8 Å². The van der Waals surface area contributed by atoms with E-state index in [1.54, 1.807) is 13.0 Å². The Bertz CT molecular complexity index is 583. The second-order valence-electron chi connectivity index (χ2n) is 4.87. The molecule has 0 unspecified atom stereocenters. The molecule has 0 aliphatic heterocycles. The van der Waals surface area contributed by atoms with Gasteiger partial charge in [0.25, 0.3) is 0 Å². The highest BCUT2D eigenvalue weighted by Crippen LogP contribution is 2.31. The number of hydrogen-bond acceptors (Lipinski definition) is 0. The Morgan fingerprint density at radius 1 is 0.842 bits per heavy atom. The van der Waals surface area contributed by atoms with Crippen molar-refractivity contribution in [2.24, 2.45) is 0 Å². The van der Waals surface area contributed by atoms with E-state index in [1.165, 1.54) is 12.1 Å². The van der Waals surface area contributed by atoms with E-state index in [2.05, 4.69) is 0 Å². The Kier molecular flexibility index (Phi) is 3.65. The van der Waals surface area contributed by atoms with Crippen molar-refractivity contribution in [1.29, 1.82) is 0 Å². The highest BCUT2D eigenvalue weighted by Gasteiger charge is 2.30. The van der Waals surface area contributed by atoms with Gasteiger partial charge in [0.2, 0.25) is 0 Å². The molecule has 0 radical (unpaired) electrons. The van der Waals surface area contributed by atoms with Gasteiger partial charge in [-0.05, 0) is 43.5 Å². The molecule has 0 amide bonds. The molecule has 0 heterocycles. The molecule has 3 heteroatoms. The van der Waals surface area contributed by atoms with Crippen LogP contribution >= 0.6 is 0 Å². The molecule has 0 saturated heterocycles. The number of alkyl halides is 3. The lowest BCUT2D eigenvalue weighted by Crippen LogP contribution is -2.06. The van der Waals surface area contributed by atoms with Crippen LogP contribution in [0.3, 0.4) is 0 Å². The fraction of sp³-hybridized carbons (Fsp3) is 0.250. The summed E-state index contributed by atoms with van der Waals surface area (Å²) in [6, 6.07) is 12.0. The monoisotopic (exact) mass is 264 g/mol. The van der Waals surface area contributed by atoms with Gasteiger partial charge in [-0.3, -0.25) is 0 Å². The predicted octanol–water partition coefficient (Wildman–Crippen LogP) is 4.91. The van der Waals surface area contributed by atoms with Crippen molar-refractivity contribution < 1.29 is 13.2 Å². The van der Waals surface area contributed by atoms with Crippen LogP contribution in [0.5, 0.6) is 0 Å². The van der Waals surface area contributed by atoms with Crippen molar-refractivity contribution in [2.75, 3.05) is 0 Å². The zero-order valence-electron chi connectivity index (χ0n) is 10.9. The topological polar surface area (TPSA) is 0 Å². The van der Waals surface area contributed by atoms with Gasteiger partial charge < -0.3 is 0 Å². The van der Waals surface area contributed by atoms with Gasteiger partial charge in [0.15, 0.2) is 0 Å². The zero-order chi connectivity index (χ0) is 14.0. The second kappa shape index (κ2) is 5.08. The minimum Gasteiger partial charge on any atom is -0.166 e. The number of aryl methyl sites for hydroxylation is 2. The summed E-state index contributed by atoms with van der Waals surface area (Å²) in [5.74, 6) is 0. The molecule has 0 aliphatic rings. The van der Waals surface area contributed by atoms with Crippen molar-refractivity contribution in [2.45, 2.75) is 26.4 Å². The highest BCUT2D eigenvalue weighted by atomic mass is 19.4. The van der Waals surface area contributed by atoms with Gasteiger partial charge in [-0.2, -0.15) is 13.2 Å². The van der Waals surface area contributed by atoms with E-state index in [4.69, 9.17) is 0 Å². The van der Waals surface area contributed by atoms with Gasteiger partial charge in [-0.1, -0.05) is 41.5 Å². The van der Waals surface area contributed by atoms with E-state index < -0.39 is 11.7 Å². The molecule has 0 fully saturated rings. The van der Waals surface area contributed by atoms with Crippen LogP contribution in [-0.4, -0.2) is 0 Å². The van der Waals surface area contributed by atoms with Crippen molar-refractivity contribution in [3.05, 3.63) is 70.3 Å². The molecule has 0 atom stereocenters. The third kappa shape index (κ3) is 3.60. The number of benzene rings is 2. The first kappa shape index (κ1) is 13.7. The molecule has 2 rings (SSSR count). The largest absolute Gasteiger partial charge is 0.416 e. The molecule has 2 aromatic carbocycles. The number of halogens is 3. The summed E-state index contributed by atoms with van der Waals surface area (Å²) >= 11 is 0. The summed E-state index contributed by atoms with van der Waals surface area (Å²) in [6.07, 6.45) is -3.76. The van der Waals surface area contributed by atoms with Gasteiger partial charge in [-0.15, -0.1) is 0 Å². The molecule has 0 spiro atoms. The predicted molar refractivity (Wildman–Crippen MR) is 70.2 cm³/mol. The molecular formula is C16H15F3. The van der Waals surface area contributed by atoms with E-state index in [1.807, 2.05) is 31.2 Å². The molecule has 100 valence electrons. The fourth-order valence-electron chi connectivity index (χ4n) is 2.19. The van der Waals surface area contributed by atoms with Crippen LogP contribution in [0.4, 0.5) is 13.2 Å². The van der Waals surface area contributed by atoms with Gasteiger partial charge in [0, 0.05) is 0 Å². The minimum atomic E-state index is -4.28. The van der Waals surface area contributed by atoms with Gasteiger partial charge in [0.1, 0.15) is 0 Å². The summed E-state index contributed by atoms with van der Waals surface area (Å²) in [5, 5.41) is 0. The molecule has 0 nitrogen and oxygen atoms in total. The Morgan fingerprint density at radius 2 is 1.53 bits per heavy atom. The molecule has 0 aromatic heterocycles. The van der Waals surface area contributed by atoms with Crippen molar-refractivity contribution in [1.82, 2.24) is 0 Å². The average molecular weight is 264 g/mol. The Morgan fingerprint density at radius 3 is 2.16 bits per heavy atom. The quantitative estimate of drug-likeness (QED) is 0.722. The van der Waals surface area contributed by atoms with Crippen LogP contribution in [0.15, 0.2) is 42.5 Å². The zero-order valence-corrected chi connectivity index (χ0v) is 10.9. The second-order valence-corrected chi connectivity index (χ2v) is 4.87. The average Bonchev–Trinajstić information content (AvgIpc) is 2.26. The standard InChI is InChI=1S/C16H15F3/c1-11-4-3-5-13(6-11)9-14-7-12(2)8-15(10-14)16(17,18)19/h3-8,10H,9H2,1-2H3. The summed E-state index contributed by atoms with van der Waals surface area (Å²) in [4.78, 5) is 0. The van der Waals surface area contributed by atoms with Crippen LogP contribution in [0.2, 0.25) is 0 Å². The van der Waals surface area contributed by atoms with Crippen LogP contribution in [0.25, 0.3) is 0 Å². The van der Waals surface area contributed by atoms with Gasteiger partial charge in [0.05, 0.1) is 5.56 Å². The molecular weight excluding hydrogens is 249 g/mol. The fourth-order valence-corrected chi connectivity index (χ4v) is 2.19. The first-order valence-corrected chi connectivity index (χ1v) is 6.08. The van der Waals surface area contributed by atoms with E-state index in [0.29, 0.717) is 17.5 Å².